The summed E-state index contributed by atoms with van der Waals surface area (Å²) in [4.78, 5) is 52.9. The molecule has 12 heteroatoms. The standard InChI is InChI=1S/C40H39NO11/c1-24(42)47-23-36-38(49-25(2)43)40(51-27(4)45)39(50-26(3)44)37(52-36)30-12-10-29(11-13-30)31-14-15-32(21-41-33-16-18-34(46)19-17-33)35(20-31)48-22-28-8-6-5-7-9-28/h5-21,36-40,46H,22-23H2,1-4H3/b41-21+. The van der Waals surface area contributed by atoms with Gasteiger partial charge in [0.2, 0.25) is 0 Å². The fraction of sp³-hybridized carbons (Fsp3) is 0.275. The van der Waals surface area contributed by atoms with Crippen LogP contribution in [-0.4, -0.2) is 66.2 Å². The molecule has 0 saturated carbocycles. The van der Waals surface area contributed by atoms with Crippen LogP contribution in [0.5, 0.6) is 11.5 Å². The Balaban J connectivity index is 1.47. The molecule has 1 saturated heterocycles. The maximum absolute atomic E-state index is 12.3. The van der Waals surface area contributed by atoms with Crippen molar-refractivity contribution in [3.8, 4) is 22.6 Å². The molecule has 4 aromatic carbocycles. The summed E-state index contributed by atoms with van der Waals surface area (Å²) in [7, 11) is 0. The molecule has 4 aromatic rings. The first kappa shape index (κ1) is 37.3. The third-order valence-electron chi connectivity index (χ3n) is 8.02. The van der Waals surface area contributed by atoms with Crippen LogP contribution in [0.4, 0.5) is 5.69 Å². The van der Waals surface area contributed by atoms with Crippen molar-refractivity contribution in [3.05, 3.63) is 114 Å². The van der Waals surface area contributed by atoms with Crippen molar-refractivity contribution in [1.29, 1.82) is 0 Å². The monoisotopic (exact) mass is 709 g/mol. The Hall–Kier alpha value is -6.01. The number of hydrogen-bond donors (Lipinski definition) is 1. The molecule has 0 aromatic heterocycles. The third kappa shape index (κ3) is 10.0. The molecular weight excluding hydrogens is 670 g/mol. The second-order valence-corrected chi connectivity index (χ2v) is 12.0. The molecule has 0 amide bonds. The normalized spacial score (nSPS) is 19.7. The van der Waals surface area contributed by atoms with E-state index in [1.54, 1.807) is 42.6 Å². The van der Waals surface area contributed by atoms with Gasteiger partial charge < -0.3 is 33.5 Å². The summed E-state index contributed by atoms with van der Waals surface area (Å²) in [6, 6.07) is 29.3. The number of benzene rings is 4. The van der Waals surface area contributed by atoms with Gasteiger partial charge >= 0.3 is 23.9 Å². The van der Waals surface area contributed by atoms with Crippen LogP contribution in [0.2, 0.25) is 0 Å². The second-order valence-electron chi connectivity index (χ2n) is 12.0. The number of carbonyl (C=O) groups excluding carboxylic acids is 4. The number of nitrogens with zero attached hydrogens (tertiary/aromatic N) is 1. The Morgan fingerprint density at radius 1 is 0.712 bits per heavy atom. The molecule has 1 aliphatic heterocycles. The Kier molecular flexibility index (Phi) is 12.4. The Morgan fingerprint density at radius 2 is 1.33 bits per heavy atom. The minimum Gasteiger partial charge on any atom is -0.508 e. The van der Waals surface area contributed by atoms with Gasteiger partial charge in [-0.05, 0) is 58.7 Å². The molecule has 1 N–H and O–H groups in total. The highest BCUT2D eigenvalue weighted by Gasteiger charge is 2.52. The number of aliphatic imine (C=N–C) groups is 1. The minimum atomic E-state index is -1.27. The smallest absolute Gasteiger partial charge is 0.303 e. The molecule has 0 radical (unpaired) electrons. The van der Waals surface area contributed by atoms with E-state index in [2.05, 4.69) is 4.99 Å². The highest BCUT2D eigenvalue weighted by molar-refractivity contribution is 5.87. The number of phenolic OH excluding ortho intramolecular Hbond substituents is 1. The third-order valence-corrected chi connectivity index (χ3v) is 8.02. The van der Waals surface area contributed by atoms with Gasteiger partial charge in [0.25, 0.3) is 0 Å². The Morgan fingerprint density at radius 3 is 1.96 bits per heavy atom. The Bertz CT molecular complexity index is 1890. The average molecular weight is 710 g/mol. The van der Waals surface area contributed by atoms with E-state index in [9.17, 15) is 24.3 Å². The van der Waals surface area contributed by atoms with Crippen molar-refractivity contribution in [1.82, 2.24) is 0 Å². The molecule has 5 unspecified atom stereocenters. The molecule has 270 valence electrons. The molecule has 1 fully saturated rings. The zero-order chi connectivity index (χ0) is 37.2. The van der Waals surface area contributed by atoms with Gasteiger partial charge in [-0.25, -0.2) is 0 Å². The van der Waals surface area contributed by atoms with Crippen molar-refractivity contribution in [2.45, 2.75) is 64.8 Å². The zero-order valence-corrected chi connectivity index (χ0v) is 29.1. The van der Waals surface area contributed by atoms with E-state index in [0.717, 1.165) is 22.3 Å². The van der Waals surface area contributed by atoms with Crippen molar-refractivity contribution < 1.29 is 52.7 Å². The van der Waals surface area contributed by atoms with Crippen molar-refractivity contribution in [3.63, 3.8) is 0 Å². The molecule has 5 atom stereocenters. The molecule has 1 aliphatic rings. The van der Waals surface area contributed by atoms with Crippen LogP contribution in [-0.2, 0) is 49.5 Å². The lowest BCUT2D eigenvalue weighted by atomic mass is 9.89. The lowest BCUT2D eigenvalue weighted by Crippen LogP contribution is -2.59. The van der Waals surface area contributed by atoms with Crippen LogP contribution in [0.1, 0.15) is 50.5 Å². The first-order valence-electron chi connectivity index (χ1n) is 16.5. The van der Waals surface area contributed by atoms with Crippen LogP contribution in [0.15, 0.2) is 102 Å². The van der Waals surface area contributed by atoms with Gasteiger partial charge in [0.15, 0.2) is 18.3 Å². The van der Waals surface area contributed by atoms with Crippen molar-refractivity contribution >= 4 is 35.8 Å². The van der Waals surface area contributed by atoms with E-state index in [0.29, 0.717) is 23.6 Å². The fourth-order valence-electron chi connectivity index (χ4n) is 5.73. The molecule has 5 rings (SSSR count). The maximum atomic E-state index is 12.3. The van der Waals surface area contributed by atoms with Gasteiger partial charge in [-0.15, -0.1) is 0 Å². The lowest BCUT2D eigenvalue weighted by molar-refractivity contribution is -0.254. The summed E-state index contributed by atoms with van der Waals surface area (Å²) >= 11 is 0. The fourth-order valence-corrected chi connectivity index (χ4v) is 5.73. The number of esters is 4. The van der Waals surface area contributed by atoms with E-state index >= 15 is 0 Å². The average Bonchev–Trinajstić information content (AvgIpc) is 3.11. The van der Waals surface area contributed by atoms with Gasteiger partial charge in [-0.3, -0.25) is 24.2 Å². The minimum absolute atomic E-state index is 0.148. The predicted octanol–water partition coefficient (Wildman–Crippen LogP) is 6.19. The summed E-state index contributed by atoms with van der Waals surface area (Å²) < 4.78 is 34.5. The van der Waals surface area contributed by atoms with Crippen molar-refractivity contribution in [2.24, 2.45) is 4.99 Å². The van der Waals surface area contributed by atoms with Crippen LogP contribution in [0, 0.1) is 0 Å². The Labute approximate surface area is 300 Å². The molecule has 1 heterocycles. The number of ether oxygens (including phenoxy) is 6. The van der Waals surface area contributed by atoms with Crippen molar-refractivity contribution in [2.75, 3.05) is 6.61 Å². The van der Waals surface area contributed by atoms with E-state index in [1.165, 1.54) is 27.7 Å². The van der Waals surface area contributed by atoms with Gasteiger partial charge in [-0.1, -0.05) is 60.7 Å². The summed E-state index contributed by atoms with van der Waals surface area (Å²) in [6.07, 6.45) is -4.10. The maximum Gasteiger partial charge on any atom is 0.303 e. The number of hydrogen-bond acceptors (Lipinski definition) is 12. The molecular formula is C40H39NO11. The lowest BCUT2D eigenvalue weighted by Gasteiger charge is -2.44. The summed E-state index contributed by atoms with van der Waals surface area (Å²) in [5.74, 6) is -1.94. The van der Waals surface area contributed by atoms with Crippen LogP contribution in [0.25, 0.3) is 11.1 Å². The second kappa shape index (κ2) is 17.3. The first-order chi connectivity index (χ1) is 25.0. The SMILES string of the molecule is CC(=O)OCC1OC(c2ccc(-c3ccc(/C=N/c4ccc(O)cc4)c(OCc4ccccc4)c3)cc2)C(OC(C)=O)C(OC(C)=O)C1OC(C)=O. The molecule has 52 heavy (non-hydrogen) atoms. The van der Waals surface area contributed by atoms with Crippen LogP contribution in [0.3, 0.4) is 0 Å². The highest BCUT2D eigenvalue weighted by atomic mass is 16.7. The number of rotatable bonds is 12. The summed E-state index contributed by atoms with van der Waals surface area (Å²) in [5.41, 5.74) is 4.59. The topological polar surface area (TPSA) is 156 Å². The quantitative estimate of drug-likeness (QED) is 0.102. The van der Waals surface area contributed by atoms with E-state index in [-0.39, 0.29) is 12.4 Å². The summed E-state index contributed by atoms with van der Waals surface area (Å²) in [5, 5.41) is 9.63. The van der Waals surface area contributed by atoms with E-state index in [4.69, 9.17) is 28.4 Å². The van der Waals surface area contributed by atoms with Gasteiger partial charge in [0, 0.05) is 39.5 Å². The molecule has 12 nitrogen and oxygen atoms in total. The largest absolute Gasteiger partial charge is 0.508 e. The number of phenols is 1. The van der Waals surface area contributed by atoms with Crippen LogP contribution >= 0.6 is 0 Å². The van der Waals surface area contributed by atoms with E-state index in [1.807, 2.05) is 60.7 Å². The van der Waals surface area contributed by atoms with Gasteiger partial charge in [0.05, 0.1) is 5.69 Å². The molecule has 0 bridgehead atoms. The van der Waals surface area contributed by atoms with Gasteiger partial charge in [0.1, 0.15) is 36.9 Å². The summed E-state index contributed by atoms with van der Waals surface area (Å²) in [6.45, 7) is 4.78. The van der Waals surface area contributed by atoms with Gasteiger partial charge in [-0.2, -0.15) is 0 Å². The van der Waals surface area contributed by atoms with E-state index < -0.39 is 54.4 Å². The predicted molar refractivity (Wildman–Crippen MR) is 189 cm³/mol. The number of aromatic hydroxyl groups is 1. The van der Waals surface area contributed by atoms with Crippen LogP contribution < -0.4 is 4.74 Å². The molecule has 0 spiro atoms. The zero-order valence-electron chi connectivity index (χ0n) is 29.1. The number of carbonyl (C=O) groups is 4. The molecule has 0 aliphatic carbocycles. The first-order valence-corrected chi connectivity index (χ1v) is 16.5. The highest BCUT2D eigenvalue weighted by Crippen LogP contribution is 2.39.